The minimum atomic E-state index is -0.320. The van der Waals surface area contributed by atoms with Gasteiger partial charge in [-0.15, -0.1) is 11.3 Å². The van der Waals surface area contributed by atoms with Crippen molar-refractivity contribution in [2.75, 3.05) is 0 Å². The number of fused-ring (bicyclic) bond motifs is 1. The molecule has 4 nitrogen and oxygen atoms in total. The third kappa shape index (κ3) is 1.74. The van der Waals surface area contributed by atoms with Gasteiger partial charge in [0.05, 0.1) is 5.52 Å². The Kier molecular flexibility index (Phi) is 2.48. The van der Waals surface area contributed by atoms with E-state index in [0.29, 0.717) is 16.8 Å². The zero-order valence-electron chi connectivity index (χ0n) is 8.61. The van der Waals surface area contributed by atoms with Crippen molar-refractivity contribution in [2.24, 2.45) is 5.92 Å². The van der Waals surface area contributed by atoms with E-state index in [4.69, 9.17) is 0 Å². The molecule has 5 heteroatoms. The third-order valence-electron chi connectivity index (χ3n) is 2.14. The van der Waals surface area contributed by atoms with Gasteiger partial charge in [0, 0.05) is 6.54 Å². The van der Waals surface area contributed by atoms with Crippen LogP contribution in [0.2, 0.25) is 0 Å². The highest BCUT2D eigenvalue weighted by atomic mass is 32.1. The van der Waals surface area contributed by atoms with Crippen molar-refractivity contribution in [1.29, 1.82) is 0 Å². The minimum Gasteiger partial charge on any atom is -0.306 e. The van der Waals surface area contributed by atoms with E-state index in [-0.39, 0.29) is 17.2 Å². The molecule has 2 heterocycles. The Hall–Kier alpha value is -1.36. The fourth-order valence-electron chi connectivity index (χ4n) is 1.50. The summed E-state index contributed by atoms with van der Waals surface area (Å²) in [6, 6.07) is 1.75. The first-order chi connectivity index (χ1) is 7.09. The molecule has 1 N–H and O–H groups in total. The van der Waals surface area contributed by atoms with Gasteiger partial charge < -0.3 is 4.98 Å². The summed E-state index contributed by atoms with van der Waals surface area (Å²) in [6.07, 6.45) is 0. The molecule has 0 saturated carbocycles. The molecule has 0 aromatic carbocycles. The highest BCUT2D eigenvalue weighted by Crippen LogP contribution is 2.12. The van der Waals surface area contributed by atoms with Gasteiger partial charge in [0.15, 0.2) is 0 Å². The molecule has 0 unspecified atom stereocenters. The van der Waals surface area contributed by atoms with Gasteiger partial charge in [-0.1, -0.05) is 13.8 Å². The molecule has 2 aromatic rings. The molecule has 0 amide bonds. The first-order valence-corrected chi connectivity index (χ1v) is 5.68. The van der Waals surface area contributed by atoms with Crippen molar-refractivity contribution in [1.82, 2.24) is 9.55 Å². The van der Waals surface area contributed by atoms with Crippen LogP contribution in [0.25, 0.3) is 10.2 Å². The van der Waals surface area contributed by atoms with Gasteiger partial charge in [-0.2, -0.15) is 0 Å². The molecule has 0 atom stereocenters. The topological polar surface area (TPSA) is 54.9 Å². The Morgan fingerprint density at radius 3 is 2.87 bits per heavy atom. The Morgan fingerprint density at radius 1 is 1.47 bits per heavy atom. The van der Waals surface area contributed by atoms with Gasteiger partial charge in [0.1, 0.15) is 4.70 Å². The molecule has 0 aliphatic rings. The molecule has 2 aromatic heterocycles. The lowest BCUT2D eigenvalue weighted by Gasteiger charge is -2.06. The first kappa shape index (κ1) is 10.2. The number of hydrogen-bond acceptors (Lipinski definition) is 3. The van der Waals surface area contributed by atoms with Gasteiger partial charge in [-0.05, 0) is 17.4 Å². The van der Waals surface area contributed by atoms with Crippen molar-refractivity contribution in [3.63, 3.8) is 0 Å². The average molecular weight is 224 g/mol. The van der Waals surface area contributed by atoms with E-state index in [1.54, 1.807) is 6.07 Å². The second kappa shape index (κ2) is 3.66. The van der Waals surface area contributed by atoms with E-state index in [9.17, 15) is 9.59 Å². The zero-order chi connectivity index (χ0) is 11.0. The maximum absolute atomic E-state index is 11.9. The maximum atomic E-state index is 11.9. The van der Waals surface area contributed by atoms with Crippen LogP contribution in [0, 0.1) is 5.92 Å². The molecule has 0 radical (unpaired) electrons. The van der Waals surface area contributed by atoms with E-state index >= 15 is 0 Å². The van der Waals surface area contributed by atoms with Crippen LogP contribution in [0.4, 0.5) is 0 Å². The molecule has 80 valence electrons. The quantitative estimate of drug-likeness (QED) is 0.838. The number of aromatic nitrogens is 2. The smallest absolute Gasteiger partial charge is 0.306 e. The predicted octanol–water partition coefficient (Wildman–Crippen LogP) is 1.41. The maximum Gasteiger partial charge on any atom is 0.328 e. The van der Waals surface area contributed by atoms with Gasteiger partial charge in [-0.25, -0.2) is 4.79 Å². The molecule has 0 saturated heterocycles. The predicted molar refractivity (Wildman–Crippen MR) is 61.5 cm³/mol. The van der Waals surface area contributed by atoms with Crippen LogP contribution in [-0.2, 0) is 6.54 Å². The Bertz CT molecular complexity index is 591. The Labute approximate surface area is 90.2 Å². The Balaban J connectivity index is 2.73. The lowest BCUT2D eigenvalue weighted by atomic mass is 10.2. The number of hydrogen-bond donors (Lipinski definition) is 1. The summed E-state index contributed by atoms with van der Waals surface area (Å²) in [7, 11) is 0. The SMILES string of the molecule is CC(C)Cn1c(=O)[nH]c2ccsc2c1=O. The lowest BCUT2D eigenvalue weighted by molar-refractivity contribution is 0.496. The second-order valence-electron chi connectivity index (χ2n) is 3.90. The summed E-state index contributed by atoms with van der Waals surface area (Å²) < 4.78 is 1.89. The van der Waals surface area contributed by atoms with Crippen molar-refractivity contribution in [3.05, 3.63) is 32.3 Å². The normalized spacial score (nSPS) is 11.4. The lowest BCUT2D eigenvalue weighted by Crippen LogP contribution is -2.35. The van der Waals surface area contributed by atoms with E-state index in [1.807, 2.05) is 19.2 Å². The molecule has 15 heavy (non-hydrogen) atoms. The van der Waals surface area contributed by atoms with Crippen LogP contribution in [0.3, 0.4) is 0 Å². The van der Waals surface area contributed by atoms with Gasteiger partial charge >= 0.3 is 5.69 Å². The second-order valence-corrected chi connectivity index (χ2v) is 4.82. The van der Waals surface area contributed by atoms with Gasteiger partial charge in [-0.3, -0.25) is 9.36 Å². The molecule has 0 bridgehead atoms. The summed E-state index contributed by atoms with van der Waals surface area (Å²) in [6.45, 7) is 4.41. The summed E-state index contributed by atoms with van der Waals surface area (Å²) in [4.78, 5) is 26.2. The van der Waals surface area contributed by atoms with Crippen LogP contribution in [0.5, 0.6) is 0 Å². The van der Waals surface area contributed by atoms with E-state index in [2.05, 4.69) is 4.98 Å². The summed E-state index contributed by atoms with van der Waals surface area (Å²) in [5.41, 5.74) is 0.132. The van der Waals surface area contributed by atoms with Gasteiger partial charge in [0.25, 0.3) is 5.56 Å². The number of thiophene rings is 1. The number of nitrogens with one attached hydrogen (secondary N) is 1. The van der Waals surface area contributed by atoms with Crippen LogP contribution in [0.15, 0.2) is 21.0 Å². The average Bonchev–Trinajstić information content (AvgIpc) is 2.59. The number of rotatable bonds is 2. The molecule has 0 aliphatic heterocycles. The van der Waals surface area contributed by atoms with E-state index in [1.165, 1.54) is 15.9 Å². The van der Waals surface area contributed by atoms with Crippen LogP contribution in [-0.4, -0.2) is 9.55 Å². The summed E-state index contributed by atoms with van der Waals surface area (Å²) in [5, 5.41) is 1.81. The van der Waals surface area contributed by atoms with Crippen molar-refractivity contribution < 1.29 is 0 Å². The fourth-order valence-corrected chi connectivity index (χ4v) is 2.30. The molecular formula is C10H12N2O2S. The van der Waals surface area contributed by atoms with Crippen molar-refractivity contribution in [2.45, 2.75) is 20.4 Å². The monoisotopic (exact) mass is 224 g/mol. The molecule has 0 aliphatic carbocycles. The van der Waals surface area contributed by atoms with Crippen molar-refractivity contribution in [3.8, 4) is 0 Å². The molecule has 0 spiro atoms. The molecular weight excluding hydrogens is 212 g/mol. The van der Waals surface area contributed by atoms with Gasteiger partial charge in [0.2, 0.25) is 0 Å². The standard InChI is InChI=1S/C10H12N2O2S/c1-6(2)5-12-9(13)8-7(3-4-15-8)11-10(12)14/h3-4,6H,5H2,1-2H3,(H,11,14). The largest absolute Gasteiger partial charge is 0.328 e. The minimum absolute atomic E-state index is 0.183. The zero-order valence-corrected chi connectivity index (χ0v) is 9.43. The van der Waals surface area contributed by atoms with E-state index < -0.39 is 0 Å². The summed E-state index contributed by atoms with van der Waals surface area (Å²) >= 11 is 1.36. The highest BCUT2D eigenvalue weighted by Gasteiger charge is 2.09. The molecule has 2 rings (SSSR count). The van der Waals surface area contributed by atoms with Crippen LogP contribution >= 0.6 is 11.3 Å². The number of aromatic amines is 1. The number of nitrogens with zero attached hydrogens (tertiary/aromatic N) is 1. The fraction of sp³-hybridized carbons (Fsp3) is 0.400. The molecule has 0 fully saturated rings. The van der Waals surface area contributed by atoms with Crippen LogP contribution in [0.1, 0.15) is 13.8 Å². The van der Waals surface area contributed by atoms with E-state index in [0.717, 1.165) is 0 Å². The summed E-state index contributed by atoms with van der Waals surface area (Å²) in [5.74, 6) is 0.279. The third-order valence-corrected chi connectivity index (χ3v) is 3.04. The Morgan fingerprint density at radius 2 is 2.20 bits per heavy atom. The highest BCUT2D eigenvalue weighted by molar-refractivity contribution is 7.17. The van der Waals surface area contributed by atoms with Crippen molar-refractivity contribution >= 4 is 21.6 Å². The number of H-pyrrole nitrogens is 1. The first-order valence-electron chi connectivity index (χ1n) is 4.80. The van der Waals surface area contributed by atoms with Crippen LogP contribution < -0.4 is 11.2 Å².